The average Bonchev–Trinajstić information content (AvgIpc) is 3.14. The van der Waals surface area contributed by atoms with Crippen molar-refractivity contribution < 1.29 is 0 Å². The maximum Gasteiger partial charge on any atom is 0.226 e. The van der Waals surface area contributed by atoms with Gasteiger partial charge in [-0.3, -0.25) is 4.98 Å². The number of nitrogens with zero attached hydrogens (tertiary/aromatic N) is 8. The highest BCUT2D eigenvalue weighted by Crippen LogP contribution is 2.22. The first kappa shape index (κ1) is 17.5. The number of aryl methyl sites for hydroxylation is 2. The fourth-order valence-corrected chi connectivity index (χ4v) is 3.71. The zero-order valence-corrected chi connectivity index (χ0v) is 16.5. The van der Waals surface area contributed by atoms with Crippen LogP contribution in [0.5, 0.6) is 0 Å². The summed E-state index contributed by atoms with van der Waals surface area (Å²) in [6.07, 6.45) is 3.59. The molecule has 1 aliphatic heterocycles. The number of aromatic nitrogens is 6. The van der Waals surface area contributed by atoms with E-state index in [2.05, 4.69) is 35.9 Å². The summed E-state index contributed by atoms with van der Waals surface area (Å²) in [5, 5.41) is 4.62. The van der Waals surface area contributed by atoms with Crippen molar-refractivity contribution in [2.75, 3.05) is 36.0 Å². The molecule has 4 aromatic rings. The lowest BCUT2D eigenvalue weighted by Crippen LogP contribution is -2.47. The Kier molecular flexibility index (Phi) is 4.31. The van der Waals surface area contributed by atoms with Gasteiger partial charge in [0.15, 0.2) is 5.65 Å². The summed E-state index contributed by atoms with van der Waals surface area (Å²) in [7, 11) is 0. The lowest BCUT2D eigenvalue weighted by atomic mass is 10.2. The Morgan fingerprint density at radius 3 is 2.38 bits per heavy atom. The van der Waals surface area contributed by atoms with E-state index in [0.717, 1.165) is 66.4 Å². The van der Waals surface area contributed by atoms with Crippen molar-refractivity contribution in [3.63, 3.8) is 0 Å². The standard InChI is InChI=1S/C21H22N8/c1-15-14-20(29-19(24-15)13-16(2)26-29)27-9-11-28(12-10-27)21-23-8-6-18(25-21)17-5-3-4-7-22-17/h3-8,13-14H,9-12H2,1-2H3. The molecule has 0 saturated carbocycles. The number of hydrogen-bond acceptors (Lipinski definition) is 7. The van der Waals surface area contributed by atoms with E-state index < -0.39 is 0 Å². The highest BCUT2D eigenvalue weighted by atomic mass is 15.4. The van der Waals surface area contributed by atoms with Gasteiger partial charge in [-0.1, -0.05) is 6.07 Å². The second-order valence-corrected chi connectivity index (χ2v) is 7.24. The van der Waals surface area contributed by atoms with Crippen LogP contribution in [0.1, 0.15) is 11.4 Å². The molecule has 8 heteroatoms. The third-order valence-corrected chi connectivity index (χ3v) is 5.12. The van der Waals surface area contributed by atoms with Crippen molar-refractivity contribution in [3.8, 4) is 11.4 Å². The van der Waals surface area contributed by atoms with Gasteiger partial charge in [0.25, 0.3) is 0 Å². The summed E-state index contributed by atoms with van der Waals surface area (Å²) in [4.78, 5) is 22.8. The monoisotopic (exact) mass is 386 g/mol. The average molecular weight is 386 g/mol. The Bertz CT molecular complexity index is 1150. The van der Waals surface area contributed by atoms with Gasteiger partial charge in [0.1, 0.15) is 5.82 Å². The highest BCUT2D eigenvalue weighted by Gasteiger charge is 2.22. The van der Waals surface area contributed by atoms with Gasteiger partial charge in [-0.15, -0.1) is 0 Å². The van der Waals surface area contributed by atoms with Gasteiger partial charge in [0, 0.05) is 56.4 Å². The van der Waals surface area contributed by atoms with Gasteiger partial charge in [-0.05, 0) is 32.0 Å². The first-order valence-electron chi connectivity index (χ1n) is 9.76. The van der Waals surface area contributed by atoms with Crippen LogP contribution in [0.3, 0.4) is 0 Å². The Labute approximate surface area is 168 Å². The summed E-state index contributed by atoms with van der Waals surface area (Å²) in [6, 6.07) is 11.9. The number of anilines is 2. The molecule has 5 rings (SSSR count). The molecule has 1 fully saturated rings. The molecular weight excluding hydrogens is 364 g/mol. The Hall–Kier alpha value is -3.55. The van der Waals surface area contributed by atoms with E-state index in [9.17, 15) is 0 Å². The molecule has 146 valence electrons. The third-order valence-electron chi connectivity index (χ3n) is 5.12. The summed E-state index contributed by atoms with van der Waals surface area (Å²) in [6.45, 7) is 7.45. The minimum Gasteiger partial charge on any atom is -0.353 e. The van der Waals surface area contributed by atoms with Crippen LogP contribution in [-0.4, -0.2) is 55.7 Å². The molecule has 0 N–H and O–H groups in total. The zero-order chi connectivity index (χ0) is 19.8. The van der Waals surface area contributed by atoms with Crippen molar-refractivity contribution in [1.29, 1.82) is 0 Å². The SMILES string of the molecule is Cc1cc(N2CCN(c3nccc(-c4ccccn4)n3)CC2)n2nc(C)cc2n1. The summed E-state index contributed by atoms with van der Waals surface area (Å²) in [5.41, 5.74) is 4.57. The van der Waals surface area contributed by atoms with Crippen LogP contribution in [0, 0.1) is 13.8 Å². The van der Waals surface area contributed by atoms with E-state index >= 15 is 0 Å². The molecule has 8 nitrogen and oxygen atoms in total. The largest absolute Gasteiger partial charge is 0.353 e. The van der Waals surface area contributed by atoms with E-state index in [4.69, 9.17) is 4.98 Å². The molecule has 1 aliphatic rings. The minimum absolute atomic E-state index is 0.749. The van der Waals surface area contributed by atoms with Crippen LogP contribution < -0.4 is 9.80 Å². The van der Waals surface area contributed by atoms with Crippen molar-refractivity contribution >= 4 is 17.4 Å². The van der Waals surface area contributed by atoms with Crippen LogP contribution >= 0.6 is 0 Å². The molecule has 0 bridgehead atoms. The van der Waals surface area contributed by atoms with E-state index in [0.29, 0.717) is 0 Å². The Morgan fingerprint density at radius 1 is 0.759 bits per heavy atom. The first-order chi connectivity index (χ1) is 14.2. The molecule has 4 aromatic heterocycles. The van der Waals surface area contributed by atoms with Crippen LogP contribution in [-0.2, 0) is 0 Å². The van der Waals surface area contributed by atoms with E-state index in [1.165, 1.54) is 0 Å². The fourth-order valence-electron chi connectivity index (χ4n) is 3.71. The van der Waals surface area contributed by atoms with E-state index in [-0.39, 0.29) is 0 Å². The molecular formula is C21H22N8. The topological polar surface area (TPSA) is 75.3 Å². The summed E-state index contributed by atoms with van der Waals surface area (Å²) in [5.74, 6) is 1.84. The molecule has 29 heavy (non-hydrogen) atoms. The smallest absolute Gasteiger partial charge is 0.226 e. The second-order valence-electron chi connectivity index (χ2n) is 7.24. The van der Waals surface area contributed by atoms with Gasteiger partial charge in [0.05, 0.1) is 17.1 Å². The fraction of sp³-hybridized carbons (Fsp3) is 0.286. The van der Waals surface area contributed by atoms with Crippen LogP contribution in [0.15, 0.2) is 48.8 Å². The summed E-state index contributed by atoms with van der Waals surface area (Å²) >= 11 is 0. The Morgan fingerprint density at radius 2 is 1.59 bits per heavy atom. The zero-order valence-electron chi connectivity index (χ0n) is 16.5. The van der Waals surface area contributed by atoms with Gasteiger partial charge >= 0.3 is 0 Å². The van der Waals surface area contributed by atoms with Crippen LogP contribution in [0.4, 0.5) is 11.8 Å². The molecule has 1 saturated heterocycles. The molecule has 0 unspecified atom stereocenters. The van der Waals surface area contributed by atoms with Crippen LogP contribution in [0.25, 0.3) is 17.0 Å². The molecule has 0 radical (unpaired) electrons. The summed E-state index contributed by atoms with van der Waals surface area (Å²) < 4.78 is 1.94. The minimum atomic E-state index is 0.749. The predicted octanol–water partition coefficient (Wildman–Crippen LogP) is 2.52. The normalized spacial score (nSPS) is 14.6. The number of fused-ring (bicyclic) bond motifs is 1. The van der Waals surface area contributed by atoms with Gasteiger partial charge in [0.2, 0.25) is 5.95 Å². The maximum absolute atomic E-state index is 4.74. The van der Waals surface area contributed by atoms with E-state index in [1.807, 2.05) is 48.7 Å². The van der Waals surface area contributed by atoms with Crippen molar-refractivity contribution in [3.05, 3.63) is 60.2 Å². The van der Waals surface area contributed by atoms with Gasteiger partial charge in [-0.25, -0.2) is 15.0 Å². The molecule has 0 aliphatic carbocycles. The highest BCUT2D eigenvalue weighted by molar-refractivity contribution is 5.56. The quantitative estimate of drug-likeness (QED) is 0.535. The lowest BCUT2D eigenvalue weighted by molar-refractivity contribution is 0.626. The van der Waals surface area contributed by atoms with Crippen molar-refractivity contribution in [2.24, 2.45) is 0 Å². The Balaban J connectivity index is 1.36. The van der Waals surface area contributed by atoms with Crippen molar-refractivity contribution in [1.82, 2.24) is 29.5 Å². The second kappa shape index (κ2) is 7.12. The lowest BCUT2D eigenvalue weighted by Gasteiger charge is -2.36. The van der Waals surface area contributed by atoms with Gasteiger partial charge in [-0.2, -0.15) is 9.61 Å². The van der Waals surface area contributed by atoms with Crippen LogP contribution in [0.2, 0.25) is 0 Å². The predicted molar refractivity (Wildman–Crippen MR) is 112 cm³/mol. The molecule has 0 spiro atoms. The van der Waals surface area contributed by atoms with E-state index in [1.54, 1.807) is 12.4 Å². The first-order valence-corrected chi connectivity index (χ1v) is 9.76. The molecule has 0 aromatic carbocycles. The molecule has 5 heterocycles. The number of rotatable bonds is 3. The van der Waals surface area contributed by atoms with Gasteiger partial charge < -0.3 is 9.80 Å². The molecule has 0 amide bonds. The maximum atomic E-state index is 4.74. The number of pyridine rings is 1. The van der Waals surface area contributed by atoms with Crippen molar-refractivity contribution in [2.45, 2.75) is 13.8 Å². The third kappa shape index (κ3) is 3.37. The molecule has 0 atom stereocenters. The number of piperazine rings is 1. The number of hydrogen-bond donors (Lipinski definition) is 0.